The number of piperidine rings is 1. The fourth-order valence-electron chi connectivity index (χ4n) is 4.52. The van der Waals surface area contributed by atoms with Gasteiger partial charge in [-0.05, 0) is 25.2 Å². The van der Waals surface area contributed by atoms with Crippen molar-refractivity contribution in [3.63, 3.8) is 0 Å². The third-order valence-electron chi connectivity index (χ3n) is 6.15. The van der Waals surface area contributed by atoms with Gasteiger partial charge < -0.3 is 19.1 Å². The molecule has 27 heavy (non-hydrogen) atoms. The van der Waals surface area contributed by atoms with Crippen molar-refractivity contribution >= 4 is 11.8 Å². The largest absolute Gasteiger partial charge is 0.384 e. The van der Waals surface area contributed by atoms with E-state index in [4.69, 9.17) is 9.26 Å². The van der Waals surface area contributed by atoms with Crippen LogP contribution in [-0.4, -0.2) is 66.7 Å². The minimum absolute atomic E-state index is 0.127. The first-order valence-electron chi connectivity index (χ1n) is 9.27. The summed E-state index contributed by atoms with van der Waals surface area (Å²) >= 11 is 0. The minimum Gasteiger partial charge on any atom is -0.384 e. The van der Waals surface area contributed by atoms with Crippen molar-refractivity contribution in [2.75, 3.05) is 39.9 Å². The predicted molar refractivity (Wildman–Crippen MR) is 89.1 cm³/mol. The Labute approximate surface area is 155 Å². The second-order valence-corrected chi connectivity index (χ2v) is 7.84. The van der Waals surface area contributed by atoms with E-state index in [-0.39, 0.29) is 23.0 Å². The van der Waals surface area contributed by atoms with Gasteiger partial charge in [0, 0.05) is 45.3 Å². The van der Waals surface area contributed by atoms with Crippen molar-refractivity contribution in [1.29, 1.82) is 0 Å². The van der Waals surface area contributed by atoms with Gasteiger partial charge in [0.2, 0.25) is 11.7 Å². The number of likely N-dealkylation sites (tertiary alicyclic amines) is 2. The first-order valence-corrected chi connectivity index (χ1v) is 9.27. The lowest BCUT2D eigenvalue weighted by Gasteiger charge is -2.32. The lowest BCUT2D eigenvalue weighted by atomic mass is 9.93. The molecule has 0 unspecified atom stereocenters. The Balaban J connectivity index is 1.36. The van der Waals surface area contributed by atoms with Crippen LogP contribution in [0.1, 0.15) is 41.9 Å². The molecule has 3 fully saturated rings. The molecule has 0 spiro atoms. The zero-order valence-corrected chi connectivity index (χ0v) is 15.2. The molecular weight excluding hydrogens is 360 g/mol. The van der Waals surface area contributed by atoms with E-state index in [0.29, 0.717) is 32.0 Å². The van der Waals surface area contributed by atoms with Crippen LogP contribution in [0.5, 0.6) is 0 Å². The fraction of sp³-hybridized carbons (Fsp3) is 0.722. The summed E-state index contributed by atoms with van der Waals surface area (Å²) in [5.74, 6) is 0.0969. The number of carbonyl (C=O) groups is 2. The molecule has 7 nitrogen and oxygen atoms in total. The Morgan fingerprint density at radius 1 is 1.37 bits per heavy atom. The highest BCUT2D eigenvalue weighted by molar-refractivity contribution is 5.92. The minimum atomic E-state index is -2.77. The van der Waals surface area contributed by atoms with Gasteiger partial charge in [0.15, 0.2) is 5.69 Å². The molecule has 9 heteroatoms. The van der Waals surface area contributed by atoms with Crippen LogP contribution in [0.3, 0.4) is 0 Å². The van der Waals surface area contributed by atoms with Gasteiger partial charge in [-0.3, -0.25) is 9.59 Å². The summed E-state index contributed by atoms with van der Waals surface area (Å²) < 4.78 is 35.2. The fourth-order valence-corrected chi connectivity index (χ4v) is 4.52. The predicted octanol–water partition coefficient (Wildman–Crippen LogP) is 1.96. The summed E-state index contributed by atoms with van der Waals surface area (Å²) in [7, 11) is 1.67. The first kappa shape index (κ1) is 18.3. The molecule has 3 atom stereocenters. The van der Waals surface area contributed by atoms with E-state index >= 15 is 0 Å². The molecule has 1 saturated carbocycles. The maximum atomic E-state index is 13.0. The number of nitrogens with zero attached hydrogens (tertiary/aromatic N) is 3. The zero-order valence-electron chi connectivity index (χ0n) is 15.2. The molecule has 1 aromatic rings. The molecule has 0 aromatic carbocycles. The normalized spacial score (nSPS) is 29.9. The number of hydrogen-bond donors (Lipinski definition) is 0. The molecule has 2 saturated heterocycles. The molecule has 148 valence electrons. The van der Waals surface area contributed by atoms with Crippen LogP contribution in [0.2, 0.25) is 0 Å². The number of methoxy groups -OCH3 is 1. The van der Waals surface area contributed by atoms with Gasteiger partial charge in [-0.25, -0.2) is 8.78 Å². The number of hydrogen-bond acceptors (Lipinski definition) is 5. The average Bonchev–Trinajstić information content (AvgIpc) is 2.99. The maximum absolute atomic E-state index is 13.0. The molecule has 0 N–H and O–H groups in total. The van der Waals surface area contributed by atoms with E-state index in [1.165, 1.54) is 0 Å². The molecule has 0 radical (unpaired) electrons. The Bertz CT molecular complexity index is 740. The number of fused-ring (bicyclic) bond motifs is 1. The Morgan fingerprint density at radius 3 is 2.85 bits per heavy atom. The third-order valence-corrected chi connectivity index (χ3v) is 6.15. The Morgan fingerprint density at radius 2 is 2.19 bits per heavy atom. The van der Waals surface area contributed by atoms with Crippen molar-refractivity contribution in [3.05, 3.63) is 17.5 Å². The van der Waals surface area contributed by atoms with E-state index in [1.54, 1.807) is 12.0 Å². The van der Waals surface area contributed by atoms with E-state index in [2.05, 4.69) is 5.16 Å². The number of ether oxygens (including phenoxy) is 1. The van der Waals surface area contributed by atoms with E-state index < -0.39 is 18.0 Å². The van der Waals surface area contributed by atoms with Crippen molar-refractivity contribution in [3.8, 4) is 0 Å². The second kappa shape index (κ2) is 6.85. The molecule has 4 rings (SSSR count). The van der Waals surface area contributed by atoms with Crippen molar-refractivity contribution in [1.82, 2.24) is 15.0 Å². The summed E-state index contributed by atoms with van der Waals surface area (Å²) in [5.41, 5.74) is -0.889. The highest BCUT2D eigenvalue weighted by atomic mass is 19.3. The van der Waals surface area contributed by atoms with Gasteiger partial charge in [-0.15, -0.1) is 0 Å². The van der Waals surface area contributed by atoms with E-state index in [9.17, 15) is 18.4 Å². The second-order valence-electron chi connectivity index (χ2n) is 7.84. The Hall–Kier alpha value is -2.03. The van der Waals surface area contributed by atoms with Crippen LogP contribution in [0, 0.1) is 17.3 Å². The molecule has 3 aliphatic rings. The summed E-state index contributed by atoms with van der Waals surface area (Å²) in [6.45, 7) is 3.03. The van der Waals surface area contributed by atoms with Crippen LogP contribution in [0.25, 0.3) is 0 Å². The van der Waals surface area contributed by atoms with Crippen LogP contribution in [0.15, 0.2) is 10.6 Å². The smallest absolute Gasteiger partial charge is 0.292 e. The van der Waals surface area contributed by atoms with Crippen molar-refractivity contribution in [2.45, 2.75) is 25.7 Å². The molecule has 1 aliphatic carbocycles. The Kier molecular flexibility index (Phi) is 4.65. The lowest BCUT2D eigenvalue weighted by molar-refractivity contribution is -0.138. The highest BCUT2D eigenvalue weighted by Crippen LogP contribution is 2.59. The van der Waals surface area contributed by atoms with Crippen molar-refractivity contribution < 1.29 is 27.6 Å². The summed E-state index contributed by atoms with van der Waals surface area (Å²) in [6, 6.07) is 0.993. The topological polar surface area (TPSA) is 75.9 Å². The number of carbonyl (C=O) groups excluding carboxylic acids is 2. The molecular formula is C18H23F2N3O4. The SMILES string of the molecule is COC[C@@H]1CCN(C(=O)[C@@]23CCN(C(=O)c4cc(C(F)F)no4)C[C@@H]2C3)C1. The lowest BCUT2D eigenvalue weighted by Crippen LogP contribution is -2.45. The summed E-state index contributed by atoms with van der Waals surface area (Å²) in [5, 5.41) is 3.23. The third kappa shape index (κ3) is 3.22. The number of rotatable bonds is 5. The molecule has 3 heterocycles. The highest BCUT2D eigenvalue weighted by Gasteiger charge is 2.63. The average molecular weight is 383 g/mol. The quantitative estimate of drug-likeness (QED) is 0.777. The molecule has 2 aliphatic heterocycles. The number of amides is 2. The van der Waals surface area contributed by atoms with Crippen molar-refractivity contribution in [2.24, 2.45) is 17.3 Å². The van der Waals surface area contributed by atoms with Gasteiger partial charge in [-0.1, -0.05) is 5.16 Å². The summed E-state index contributed by atoms with van der Waals surface area (Å²) in [4.78, 5) is 29.0. The van der Waals surface area contributed by atoms with Crippen LogP contribution < -0.4 is 0 Å². The maximum Gasteiger partial charge on any atom is 0.292 e. The van der Waals surface area contributed by atoms with Gasteiger partial charge in [-0.2, -0.15) is 0 Å². The zero-order chi connectivity index (χ0) is 19.2. The van der Waals surface area contributed by atoms with Gasteiger partial charge in [0.25, 0.3) is 12.3 Å². The van der Waals surface area contributed by atoms with Crippen LogP contribution in [-0.2, 0) is 9.53 Å². The van der Waals surface area contributed by atoms with Crippen LogP contribution >= 0.6 is 0 Å². The first-order chi connectivity index (χ1) is 12.9. The van der Waals surface area contributed by atoms with Gasteiger partial charge in [0.1, 0.15) is 0 Å². The standard InChI is InChI=1S/C18H23F2N3O4/c1-26-10-11-2-4-23(8-11)17(25)18-3-5-22(9-12(18)7-18)16(24)14-6-13(15(19)20)21-27-14/h6,11-12,15H,2-5,7-10H2,1H3/t11-,12+,18-/m1/s1. The monoisotopic (exact) mass is 383 g/mol. The van der Waals surface area contributed by atoms with E-state index in [1.807, 2.05) is 4.90 Å². The van der Waals surface area contributed by atoms with Gasteiger partial charge >= 0.3 is 0 Å². The number of halogens is 2. The number of aromatic nitrogens is 1. The number of alkyl halides is 2. The molecule has 0 bridgehead atoms. The van der Waals surface area contributed by atoms with Crippen LogP contribution in [0.4, 0.5) is 8.78 Å². The summed E-state index contributed by atoms with van der Waals surface area (Å²) in [6.07, 6.45) is -0.431. The van der Waals surface area contributed by atoms with Gasteiger partial charge in [0.05, 0.1) is 12.0 Å². The molecule has 1 aromatic heterocycles. The van der Waals surface area contributed by atoms with E-state index in [0.717, 1.165) is 32.0 Å². The molecule has 2 amide bonds.